The Morgan fingerprint density at radius 2 is 1.79 bits per heavy atom. The largest absolute Gasteiger partial charge is 0.383 e. The summed E-state index contributed by atoms with van der Waals surface area (Å²) in [5, 5.41) is 10.6. The molecule has 0 saturated heterocycles. The minimum absolute atomic E-state index is 0.286. The number of halogens is 3. The molecule has 2 aromatic carbocycles. The van der Waals surface area contributed by atoms with E-state index in [4.69, 9.17) is 11.6 Å². The predicted octanol–water partition coefficient (Wildman–Crippen LogP) is 4.32. The van der Waals surface area contributed by atoms with E-state index in [0.29, 0.717) is 10.6 Å². The highest BCUT2D eigenvalue weighted by molar-refractivity contribution is 6.30. The molecule has 0 amide bonds. The average molecular weight is 283 g/mol. The lowest BCUT2D eigenvalue weighted by molar-refractivity contribution is 0.208. The quantitative estimate of drug-likeness (QED) is 0.870. The summed E-state index contributed by atoms with van der Waals surface area (Å²) in [5.41, 5.74) is 1.12. The maximum Gasteiger partial charge on any atom is 0.135 e. The zero-order valence-electron chi connectivity index (χ0n) is 10.5. The average Bonchev–Trinajstić information content (AvgIpc) is 2.33. The molecule has 0 spiro atoms. The summed E-state index contributed by atoms with van der Waals surface area (Å²) in [5.74, 6) is -1.50. The van der Waals surface area contributed by atoms with Crippen LogP contribution in [0.1, 0.15) is 28.4 Å². The Balaban J connectivity index is 2.55. The van der Waals surface area contributed by atoms with E-state index in [9.17, 15) is 13.9 Å². The number of rotatable bonds is 2. The van der Waals surface area contributed by atoms with Crippen LogP contribution in [0, 0.1) is 25.5 Å². The molecule has 0 aliphatic heterocycles. The van der Waals surface area contributed by atoms with Gasteiger partial charge in [0, 0.05) is 5.02 Å². The highest BCUT2D eigenvalue weighted by Crippen LogP contribution is 2.30. The Kier molecular flexibility index (Phi) is 3.88. The monoisotopic (exact) mass is 282 g/mol. The van der Waals surface area contributed by atoms with E-state index in [0.717, 1.165) is 11.6 Å². The van der Waals surface area contributed by atoms with Crippen molar-refractivity contribution in [2.75, 3.05) is 0 Å². The molecule has 0 radical (unpaired) electrons. The first-order valence-corrected chi connectivity index (χ1v) is 6.17. The SMILES string of the molecule is Cc1cc(Cl)cc(C(O)c2c(F)ccc(C)c2F)c1. The van der Waals surface area contributed by atoms with Crippen molar-refractivity contribution in [1.82, 2.24) is 0 Å². The number of hydrogen-bond donors (Lipinski definition) is 1. The Bertz CT molecular complexity index is 606. The van der Waals surface area contributed by atoms with E-state index in [1.54, 1.807) is 19.1 Å². The lowest BCUT2D eigenvalue weighted by Gasteiger charge is -2.15. The van der Waals surface area contributed by atoms with Crippen LogP contribution in [-0.2, 0) is 0 Å². The minimum Gasteiger partial charge on any atom is -0.383 e. The van der Waals surface area contributed by atoms with Crippen molar-refractivity contribution in [3.63, 3.8) is 0 Å². The molecule has 1 unspecified atom stereocenters. The second kappa shape index (κ2) is 5.27. The van der Waals surface area contributed by atoms with Gasteiger partial charge in [0.15, 0.2) is 0 Å². The Labute approximate surface area is 115 Å². The summed E-state index contributed by atoms with van der Waals surface area (Å²) >= 11 is 5.89. The molecule has 1 N–H and O–H groups in total. The van der Waals surface area contributed by atoms with Gasteiger partial charge in [0.2, 0.25) is 0 Å². The van der Waals surface area contributed by atoms with Crippen molar-refractivity contribution in [3.8, 4) is 0 Å². The van der Waals surface area contributed by atoms with Crippen LogP contribution >= 0.6 is 11.6 Å². The van der Waals surface area contributed by atoms with Gasteiger partial charge in [-0.3, -0.25) is 0 Å². The van der Waals surface area contributed by atoms with Gasteiger partial charge in [-0.25, -0.2) is 8.78 Å². The third kappa shape index (κ3) is 2.77. The van der Waals surface area contributed by atoms with Gasteiger partial charge in [-0.1, -0.05) is 23.7 Å². The second-order valence-corrected chi connectivity index (χ2v) is 4.99. The molecule has 0 aliphatic rings. The van der Waals surface area contributed by atoms with Crippen molar-refractivity contribution in [2.24, 2.45) is 0 Å². The molecule has 19 heavy (non-hydrogen) atoms. The summed E-state index contributed by atoms with van der Waals surface area (Å²) in [6.07, 6.45) is -1.38. The minimum atomic E-state index is -1.38. The van der Waals surface area contributed by atoms with Crippen molar-refractivity contribution in [1.29, 1.82) is 0 Å². The molecule has 1 nitrogen and oxygen atoms in total. The molecule has 4 heteroatoms. The highest BCUT2D eigenvalue weighted by atomic mass is 35.5. The highest BCUT2D eigenvalue weighted by Gasteiger charge is 2.21. The van der Waals surface area contributed by atoms with Gasteiger partial charge in [-0.05, 0) is 48.7 Å². The van der Waals surface area contributed by atoms with E-state index in [1.165, 1.54) is 19.1 Å². The fourth-order valence-corrected chi connectivity index (χ4v) is 2.32. The summed E-state index contributed by atoms with van der Waals surface area (Å²) in [6.45, 7) is 3.32. The molecule has 2 aromatic rings. The van der Waals surface area contributed by atoms with Gasteiger partial charge in [0.05, 0.1) is 5.56 Å². The molecule has 0 aliphatic carbocycles. The van der Waals surface area contributed by atoms with Gasteiger partial charge in [-0.15, -0.1) is 0 Å². The first kappa shape index (κ1) is 14.0. The first-order valence-electron chi connectivity index (χ1n) is 5.80. The van der Waals surface area contributed by atoms with Crippen LogP contribution in [0.25, 0.3) is 0 Å². The van der Waals surface area contributed by atoms with Gasteiger partial charge in [0.25, 0.3) is 0 Å². The molecular weight excluding hydrogens is 270 g/mol. The topological polar surface area (TPSA) is 20.2 Å². The van der Waals surface area contributed by atoms with Crippen molar-refractivity contribution in [3.05, 3.63) is 69.2 Å². The van der Waals surface area contributed by atoms with Gasteiger partial charge < -0.3 is 5.11 Å². The van der Waals surface area contributed by atoms with Crippen molar-refractivity contribution in [2.45, 2.75) is 20.0 Å². The molecule has 0 bridgehead atoms. The summed E-state index contributed by atoms with van der Waals surface area (Å²) in [7, 11) is 0. The molecular formula is C15H13ClF2O. The summed E-state index contributed by atoms with van der Waals surface area (Å²) in [6, 6.07) is 7.34. The molecule has 100 valence electrons. The molecule has 0 aromatic heterocycles. The summed E-state index contributed by atoms with van der Waals surface area (Å²) in [4.78, 5) is 0. The number of hydrogen-bond acceptors (Lipinski definition) is 1. The Morgan fingerprint density at radius 1 is 1.11 bits per heavy atom. The van der Waals surface area contributed by atoms with Crippen molar-refractivity contribution >= 4 is 11.6 Å². The first-order chi connectivity index (χ1) is 8.90. The lowest BCUT2D eigenvalue weighted by Crippen LogP contribution is -2.07. The normalized spacial score (nSPS) is 12.5. The van der Waals surface area contributed by atoms with Gasteiger partial charge in [-0.2, -0.15) is 0 Å². The smallest absolute Gasteiger partial charge is 0.135 e. The van der Waals surface area contributed by atoms with Crippen molar-refractivity contribution < 1.29 is 13.9 Å². The van der Waals surface area contributed by atoms with Crippen LogP contribution in [0.4, 0.5) is 8.78 Å². The number of aliphatic hydroxyl groups is 1. The van der Waals surface area contributed by atoms with Crippen LogP contribution in [0.5, 0.6) is 0 Å². The van der Waals surface area contributed by atoms with E-state index < -0.39 is 17.7 Å². The van der Waals surface area contributed by atoms with E-state index in [2.05, 4.69) is 0 Å². The van der Waals surface area contributed by atoms with Crippen LogP contribution in [-0.4, -0.2) is 5.11 Å². The van der Waals surface area contributed by atoms with E-state index >= 15 is 0 Å². The maximum atomic E-state index is 14.0. The number of aliphatic hydroxyl groups excluding tert-OH is 1. The molecule has 1 atom stereocenters. The van der Waals surface area contributed by atoms with Gasteiger partial charge >= 0.3 is 0 Å². The van der Waals surface area contributed by atoms with Crippen LogP contribution in [0.3, 0.4) is 0 Å². The predicted molar refractivity (Wildman–Crippen MR) is 71.3 cm³/mol. The molecule has 0 heterocycles. The molecule has 0 fully saturated rings. The zero-order valence-corrected chi connectivity index (χ0v) is 11.3. The van der Waals surface area contributed by atoms with Crippen LogP contribution < -0.4 is 0 Å². The third-order valence-electron chi connectivity index (χ3n) is 2.97. The van der Waals surface area contributed by atoms with Gasteiger partial charge in [0.1, 0.15) is 17.7 Å². The third-order valence-corrected chi connectivity index (χ3v) is 3.19. The molecule has 0 saturated carbocycles. The van der Waals surface area contributed by atoms with Crippen LogP contribution in [0.15, 0.2) is 30.3 Å². The second-order valence-electron chi connectivity index (χ2n) is 4.56. The fourth-order valence-electron chi connectivity index (χ4n) is 2.02. The Morgan fingerprint density at radius 3 is 2.42 bits per heavy atom. The van der Waals surface area contributed by atoms with Crippen LogP contribution in [0.2, 0.25) is 5.02 Å². The standard InChI is InChI=1S/C15H13ClF2O/c1-8-5-10(7-11(16)6-8)15(19)13-12(17)4-3-9(2)14(13)18/h3-7,15,19H,1-2H3. The number of benzene rings is 2. The van der Waals surface area contributed by atoms with E-state index in [1.807, 2.05) is 0 Å². The van der Waals surface area contributed by atoms with E-state index in [-0.39, 0.29) is 11.1 Å². The number of aryl methyl sites for hydroxylation is 2. The fraction of sp³-hybridized carbons (Fsp3) is 0.200. The lowest BCUT2D eigenvalue weighted by atomic mass is 9.97. The zero-order chi connectivity index (χ0) is 14.2. The summed E-state index contributed by atoms with van der Waals surface area (Å²) < 4.78 is 27.7. The Hall–Kier alpha value is -1.45. The molecule has 2 rings (SSSR count). The maximum absolute atomic E-state index is 14.0.